The molecule has 0 amide bonds. The van der Waals surface area contributed by atoms with Gasteiger partial charge in [0.15, 0.2) is 5.83 Å². The van der Waals surface area contributed by atoms with E-state index in [2.05, 4.69) is 13.8 Å². The lowest BCUT2D eigenvalue weighted by atomic mass is 9.88. The molecule has 0 aromatic heterocycles. The molecule has 96 valence electrons. The maximum absolute atomic E-state index is 13.6. The second kappa shape index (κ2) is 5.34. The summed E-state index contributed by atoms with van der Waals surface area (Å²) in [6.07, 6.45) is 3.80. The monoisotopic (exact) mass is 250 g/mol. The van der Waals surface area contributed by atoms with Crippen LogP contribution in [0.3, 0.4) is 0 Å². The van der Waals surface area contributed by atoms with Gasteiger partial charge in [0.1, 0.15) is 17.3 Å². The van der Waals surface area contributed by atoms with Gasteiger partial charge in [-0.2, -0.15) is 0 Å². The van der Waals surface area contributed by atoms with Crippen LogP contribution in [0.15, 0.2) is 48.0 Å². The minimum Gasteiger partial charge on any atom is -0.459 e. The van der Waals surface area contributed by atoms with Gasteiger partial charge in [-0.25, -0.2) is 8.78 Å². The zero-order valence-corrected chi connectivity index (χ0v) is 10.5. The Morgan fingerprint density at radius 2 is 2.06 bits per heavy atom. The molecule has 2 rings (SSSR count). The van der Waals surface area contributed by atoms with Crippen LogP contribution in [0.2, 0.25) is 0 Å². The summed E-state index contributed by atoms with van der Waals surface area (Å²) in [6, 6.07) is 5.74. The Balaban J connectivity index is 2.15. The number of allylic oxidation sites excluding steroid dienone is 4. The zero-order valence-electron chi connectivity index (χ0n) is 10.5. The van der Waals surface area contributed by atoms with Crippen molar-refractivity contribution in [2.75, 3.05) is 0 Å². The highest BCUT2D eigenvalue weighted by atomic mass is 19.1. The molecule has 0 aliphatic heterocycles. The number of halogens is 2. The largest absolute Gasteiger partial charge is 0.459 e. The van der Waals surface area contributed by atoms with Crippen molar-refractivity contribution in [2.45, 2.75) is 20.3 Å². The van der Waals surface area contributed by atoms with E-state index in [1.165, 1.54) is 18.2 Å². The van der Waals surface area contributed by atoms with Crippen molar-refractivity contribution in [1.82, 2.24) is 0 Å². The van der Waals surface area contributed by atoms with Gasteiger partial charge < -0.3 is 4.74 Å². The number of hydrogen-bond donors (Lipinski definition) is 0. The SMILES string of the molecule is CC(C)C1C=CC(F)=C(Oc2cccc(F)c2)C1. The summed E-state index contributed by atoms with van der Waals surface area (Å²) in [5.41, 5.74) is 0. The van der Waals surface area contributed by atoms with E-state index in [9.17, 15) is 8.78 Å². The normalized spacial score (nSPS) is 19.5. The first-order valence-electron chi connectivity index (χ1n) is 6.06. The van der Waals surface area contributed by atoms with Crippen LogP contribution < -0.4 is 4.74 Å². The third kappa shape index (κ3) is 2.97. The smallest absolute Gasteiger partial charge is 0.161 e. The number of hydrogen-bond acceptors (Lipinski definition) is 1. The molecule has 1 atom stereocenters. The highest BCUT2D eigenvalue weighted by Crippen LogP contribution is 2.31. The maximum atomic E-state index is 13.6. The number of benzene rings is 1. The molecule has 1 aromatic carbocycles. The van der Waals surface area contributed by atoms with Gasteiger partial charge in [0.05, 0.1) is 0 Å². The fourth-order valence-electron chi connectivity index (χ4n) is 1.90. The van der Waals surface area contributed by atoms with E-state index >= 15 is 0 Å². The Bertz CT molecular complexity index is 489. The topological polar surface area (TPSA) is 9.23 Å². The van der Waals surface area contributed by atoms with Crippen molar-refractivity contribution >= 4 is 0 Å². The fraction of sp³-hybridized carbons (Fsp3) is 0.333. The summed E-state index contributed by atoms with van der Waals surface area (Å²) in [4.78, 5) is 0. The second-order valence-corrected chi connectivity index (χ2v) is 4.80. The molecule has 1 nitrogen and oxygen atoms in total. The van der Waals surface area contributed by atoms with Crippen molar-refractivity contribution in [1.29, 1.82) is 0 Å². The van der Waals surface area contributed by atoms with Gasteiger partial charge in [-0.3, -0.25) is 0 Å². The quantitative estimate of drug-likeness (QED) is 0.760. The van der Waals surface area contributed by atoms with Crippen molar-refractivity contribution in [3.8, 4) is 5.75 Å². The first-order chi connectivity index (χ1) is 8.56. The molecular weight excluding hydrogens is 234 g/mol. The van der Waals surface area contributed by atoms with Gasteiger partial charge in [-0.15, -0.1) is 0 Å². The molecule has 0 spiro atoms. The van der Waals surface area contributed by atoms with Crippen LogP contribution in [0.4, 0.5) is 8.78 Å². The van der Waals surface area contributed by atoms with Crippen molar-refractivity contribution in [3.63, 3.8) is 0 Å². The van der Waals surface area contributed by atoms with Gasteiger partial charge >= 0.3 is 0 Å². The van der Waals surface area contributed by atoms with Crippen LogP contribution in [-0.4, -0.2) is 0 Å². The van der Waals surface area contributed by atoms with E-state index < -0.39 is 0 Å². The Morgan fingerprint density at radius 1 is 1.28 bits per heavy atom. The lowest BCUT2D eigenvalue weighted by Crippen LogP contribution is -2.13. The third-order valence-electron chi connectivity index (χ3n) is 3.07. The molecule has 18 heavy (non-hydrogen) atoms. The van der Waals surface area contributed by atoms with E-state index in [1.807, 2.05) is 6.08 Å². The Hall–Kier alpha value is -1.64. The predicted molar refractivity (Wildman–Crippen MR) is 67.2 cm³/mol. The van der Waals surface area contributed by atoms with E-state index in [0.29, 0.717) is 18.1 Å². The fourth-order valence-corrected chi connectivity index (χ4v) is 1.90. The molecule has 0 saturated heterocycles. The van der Waals surface area contributed by atoms with Crippen LogP contribution in [0.1, 0.15) is 20.3 Å². The molecule has 0 radical (unpaired) electrons. The summed E-state index contributed by atoms with van der Waals surface area (Å²) in [5.74, 6) is 0.518. The minimum atomic E-state index is -0.389. The van der Waals surface area contributed by atoms with Crippen molar-refractivity contribution in [3.05, 3.63) is 53.8 Å². The Kier molecular flexibility index (Phi) is 3.80. The summed E-state index contributed by atoms with van der Waals surface area (Å²) in [7, 11) is 0. The lowest BCUT2D eigenvalue weighted by molar-refractivity contribution is 0.326. The summed E-state index contributed by atoms with van der Waals surface area (Å²) in [5, 5.41) is 0. The highest BCUT2D eigenvalue weighted by Gasteiger charge is 2.21. The van der Waals surface area contributed by atoms with Crippen LogP contribution in [0, 0.1) is 17.7 Å². The van der Waals surface area contributed by atoms with E-state index in [0.717, 1.165) is 0 Å². The average Bonchev–Trinajstić information content (AvgIpc) is 2.31. The Labute approximate surface area is 106 Å². The average molecular weight is 250 g/mol. The third-order valence-corrected chi connectivity index (χ3v) is 3.07. The molecule has 1 unspecified atom stereocenters. The molecule has 0 saturated carbocycles. The van der Waals surface area contributed by atoms with Crippen molar-refractivity contribution in [2.24, 2.45) is 11.8 Å². The van der Waals surface area contributed by atoms with Gasteiger partial charge in [0.2, 0.25) is 0 Å². The van der Waals surface area contributed by atoms with E-state index in [-0.39, 0.29) is 23.3 Å². The molecule has 1 aliphatic carbocycles. The van der Waals surface area contributed by atoms with Crippen molar-refractivity contribution < 1.29 is 13.5 Å². The van der Waals surface area contributed by atoms with Gasteiger partial charge in [0.25, 0.3) is 0 Å². The second-order valence-electron chi connectivity index (χ2n) is 4.80. The first-order valence-corrected chi connectivity index (χ1v) is 6.06. The minimum absolute atomic E-state index is 0.257. The number of rotatable bonds is 3. The van der Waals surface area contributed by atoms with Gasteiger partial charge in [-0.05, 0) is 30.0 Å². The lowest BCUT2D eigenvalue weighted by Gasteiger charge is -2.22. The first kappa shape index (κ1) is 12.8. The molecule has 3 heteroatoms. The molecule has 1 aliphatic rings. The van der Waals surface area contributed by atoms with Crippen LogP contribution in [-0.2, 0) is 0 Å². The molecule has 0 fully saturated rings. The Morgan fingerprint density at radius 3 is 2.72 bits per heavy atom. The molecule has 0 heterocycles. The summed E-state index contributed by atoms with van der Waals surface area (Å²) >= 11 is 0. The zero-order chi connectivity index (χ0) is 13.1. The molecular formula is C15H16F2O. The molecule has 1 aromatic rings. The predicted octanol–water partition coefficient (Wildman–Crippen LogP) is 4.62. The van der Waals surface area contributed by atoms with Crippen LogP contribution in [0.25, 0.3) is 0 Å². The van der Waals surface area contributed by atoms with Crippen LogP contribution in [0.5, 0.6) is 5.75 Å². The highest BCUT2D eigenvalue weighted by molar-refractivity contribution is 5.29. The maximum Gasteiger partial charge on any atom is 0.161 e. The standard InChI is InChI=1S/C15H16F2O/c1-10(2)11-6-7-14(17)15(8-11)18-13-5-3-4-12(16)9-13/h3-7,9-11H,8H2,1-2H3. The summed E-state index contributed by atoms with van der Waals surface area (Å²) < 4.78 is 32.1. The number of ether oxygens (including phenoxy) is 1. The molecule has 0 N–H and O–H groups in total. The molecule has 0 bridgehead atoms. The van der Waals surface area contributed by atoms with E-state index in [4.69, 9.17) is 4.74 Å². The van der Waals surface area contributed by atoms with Crippen LogP contribution >= 0.6 is 0 Å². The van der Waals surface area contributed by atoms with E-state index in [1.54, 1.807) is 12.1 Å². The summed E-state index contributed by atoms with van der Waals surface area (Å²) in [6.45, 7) is 4.16. The van der Waals surface area contributed by atoms with Gasteiger partial charge in [-0.1, -0.05) is 26.0 Å². The van der Waals surface area contributed by atoms with Gasteiger partial charge in [0, 0.05) is 12.5 Å².